The zero-order valence-corrected chi connectivity index (χ0v) is 14.7. The fourth-order valence-corrected chi connectivity index (χ4v) is 2.71. The molecule has 25 heavy (non-hydrogen) atoms. The van der Waals surface area contributed by atoms with E-state index in [-0.39, 0.29) is 12.0 Å². The van der Waals surface area contributed by atoms with Gasteiger partial charge in [0.2, 0.25) is 0 Å². The van der Waals surface area contributed by atoms with Gasteiger partial charge in [-0.3, -0.25) is 4.79 Å². The molecule has 0 saturated carbocycles. The molecule has 6 nitrogen and oxygen atoms in total. The van der Waals surface area contributed by atoms with Crippen molar-refractivity contribution in [1.82, 2.24) is 10.3 Å². The van der Waals surface area contributed by atoms with Crippen LogP contribution in [0, 0.1) is 0 Å². The van der Waals surface area contributed by atoms with Crippen LogP contribution in [0.15, 0.2) is 42.6 Å². The van der Waals surface area contributed by atoms with Crippen LogP contribution >= 0.6 is 0 Å². The highest BCUT2D eigenvalue weighted by molar-refractivity contribution is 5.92. The standard InChI is InChI=1S/C19H24N4O2/c1-23(2)16-8-5-14(6-9-16)22-15-7-10-18(20-12-15)19(24)21-13-17-4-3-11-25-17/h5-10,12,17,22H,3-4,11,13H2,1-2H3,(H,21,24). The highest BCUT2D eigenvalue weighted by atomic mass is 16.5. The number of nitrogens with one attached hydrogen (secondary N) is 2. The molecular formula is C19H24N4O2. The van der Waals surface area contributed by atoms with Crippen molar-refractivity contribution in [3.63, 3.8) is 0 Å². The van der Waals surface area contributed by atoms with E-state index in [4.69, 9.17) is 4.74 Å². The summed E-state index contributed by atoms with van der Waals surface area (Å²) >= 11 is 0. The smallest absolute Gasteiger partial charge is 0.269 e. The lowest BCUT2D eigenvalue weighted by atomic mass is 10.2. The van der Waals surface area contributed by atoms with E-state index in [1.54, 1.807) is 12.3 Å². The van der Waals surface area contributed by atoms with Gasteiger partial charge in [0.1, 0.15) is 5.69 Å². The van der Waals surface area contributed by atoms with Crippen LogP contribution in [-0.2, 0) is 4.74 Å². The summed E-state index contributed by atoms with van der Waals surface area (Å²) in [5, 5.41) is 6.16. The largest absolute Gasteiger partial charge is 0.378 e. The Balaban J connectivity index is 1.55. The Bertz CT molecular complexity index is 692. The van der Waals surface area contributed by atoms with Gasteiger partial charge in [0, 0.05) is 38.6 Å². The van der Waals surface area contributed by atoms with Crippen molar-refractivity contribution in [3.8, 4) is 0 Å². The summed E-state index contributed by atoms with van der Waals surface area (Å²) in [4.78, 5) is 18.4. The molecule has 1 aliphatic heterocycles. The normalized spacial score (nSPS) is 16.5. The SMILES string of the molecule is CN(C)c1ccc(Nc2ccc(C(=O)NCC3CCCO3)nc2)cc1. The lowest BCUT2D eigenvalue weighted by Gasteiger charge is -2.13. The molecule has 3 rings (SSSR count). The number of nitrogens with zero attached hydrogens (tertiary/aromatic N) is 2. The van der Waals surface area contributed by atoms with E-state index in [0.29, 0.717) is 12.2 Å². The first-order chi connectivity index (χ1) is 12.1. The quantitative estimate of drug-likeness (QED) is 0.846. The number of benzene rings is 1. The minimum atomic E-state index is -0.169. The predicted molar refractivity (Wildman–Crippen MR) is 99.6 cm³/mol. The van der Waals surface area contributed by atoms with Crippen molar-refractivity contribution in [2.24, 2.45) is 0 Å². The molecule has 1 aromatic heterocycles. The molecule has 0 bridgehead atoms. The Morgan fingerprint density at radius 3 is 2.56 bits per heavy atom. The molecule has 2 N–H and O–H groups in total. The van der Waals surface area contributed by atoms with Gasteiger partial charge in [-0.1, -0.05) is 0 Å². The Morgan fingerprint density at radius 1 is 1.20 bits per heavy atom. The van der Waals surface area contributed by atoms with Crippen molar-refractivity contribution in [1.29, 1.82) is 0 Å². The number of aromatic nitrogens is 1. The zero-order valence-electron chi connectivity index (χ0n) is 14.7. The number of amides is 1. The van der Waals surface area contributed by atoms with Gasteiger partial charge in [-0.25, -0.2) is 4.98 Å². The van der Waals surface area contributed by atoms with E-state index in [1.165, 1.54) is 0 Å². The first-order valence-corrected chi connectivity index (χ1v) is 8.52. The van der Waals surface area contributed by atoms with Crippen LogP contribution in [0.1, 0.15) is 23.3 Å². The van der Waals surface area contributed by atoms with Crippen LogP contribution in [0.2, 0.25) is 0 Å². The van der Waals surface area contributed by atoms with Gasteiger partial charge in [0.05, 0.1) is 18.0 Å². The van der Waals surface area contributed by atoms with E-state index in [9.17, 15) is 4.79 Å². The number of hydrogen-bond acceptors (Lipinski definition) is 5. The molecular weight excluding hydrogens is 316 g/mol. The number of carbonyl (C=O) groups excluding carboxylic acids is 1. The number of pyridine rings is 1. The Hall–Kier alpha value is -2.60. The lowest BCUT2D eigenvalue weighted by Crippen LogP contribution is -2.32. The summed E-state index contributed by atoms with van der Waals surface area (Å²) in [7, 11) is 4.02. The highest BCUT2D eigenvalue weighted by Gasteiger charge is 2.17. The molecule has 0 radical (unpaired) electrons. The van der Waals surface area contributed by atoms with E-state index >= 15 is 0 Å². The summed E-state index contributed by atoms with van der Waals surface area (Å²) in [5.41, 5.74) is 3.37. The lowest BCUT2D eigenvalue weighted by molar-refractivity contribution is 0.0854. The third-order valence-corrected chi connectivity index (χ3v) is 4.18. The maximum Gasteiger partial charge on any atom is 0.269 e. The fourth-order valence-electron chi connectivity index (χ4n) is 2.71. The maximum atomic E-state index is 12.1. The molecule has 2 aromatic rings. The van der Waals surface area contributed by atoms with Gasteiger partial charge >= 0.3 is 0 Å². The van der Waals surface area contributed by atoms with Crippen LogP contribution < -0.4 is 15.5 Å². The van der Waals surface area contributed by atoms with Gasteiger partial charge in [-0.05, 0) is 49.2 Å². The molecule has 1 aromatic carbocycles. The minimum absolute atomic E-state index is 0.134. The molecule has 6 heteroatoms. The first-order valence-electron chi connectivity index (χ1n) is 8.52. The average Bonchev–Trinajstić information content (AvgIpc) is 3.14. The third-order valence-electron chi connectivity index (χ3n) is 4.18. The van der Waals surface area contributed by atoms with Crippen LogP contribution in [0.5, 0.6) is 0 Å². The number of hydrogen-bond donors (Lipinski definition) is 2. The summed E-state index contributed by atoms with van der Waals surface area (Å²) in [6.07, 6.45) is 3.87. The van der Waals surface area contributed by atoms with E-state index < -0.39 is 0 Å². The fraction of sp³-hybridized carbons (Fsp3) is 0.368. The first kappa shape index (κ1) is 17.2. The predicted octanol–water partition coefficient (Wildman–Crippen LogP) is 2.80. The van der Waals surface area contributed by atoms with Crippen LogP contribution in [0.4, 0.5) is 17.1 Å². The van der Waals surface area contributed by atoms with Crippen molar-refractivity contribution < 1.29 is 9.53 Å². The molecule has 1 fully saturated rings. The van der Waals surface area contributed by atoms with E-state index in [0.717, 1.165) is 36.5 Å². The van der Waals surface area contributed by atoms with Gasteiger partial charge in [-0.15, -0.1) is 0 Å². The van der Waals surface area contributed by atoms with E-state index in [2.05, 4.69) is 20.5 Å². The zero-order chi connectivity index (χ0) is 17.6. The number of ether oxygens (including phenoxy) is 1. The van der Waals surface area contributed by atoms with Crippen molar-refractivity contribution in [2.45, 2.75) is 18.9 Å². The Morgan fingerprint density at radius 2 is 1.96 bits per heavy atom. The molecule has 1 atom stereocenters. The molecule has 1 aliphatic rings. The number of carbonyl (C=O) groups is 1. The highest BCUT2D eigenvalue weighted by Crippen LogP contribution is 2.19. The number of anilines is 3. The molecule has 0 aliphatic carbocycles. The van der Waals surface area contributed by atoms with Gasteiger partial charge in [0.15, 0.2) is 0 Å². The Labute approximate surface area is 148 Å². The summed E-state index contributed by atoms with van der Waals surface area (Å²) in [6, 6.07) is 11.7. The summed E-state index contributed by atoms with van der Waals surface area (Å²) < 4.78 is 5.50. The summed E-state index contributed by atoms with van der Waals surface area (Å²) in [6.45, 7) is 1.33. The second kappa shape index (κ2) is 7.98. The molecule has 1 unspecified atom stereocenters. The minimum Gasteiger partial charge on any atom is -0.378 e. The summed E-state index contributed by atoms with van der Waals surface area (Å²) in [5.74, 6) is -0.169. The monoisotopic (exact) mass is 340 g/mol. The van der Waals surface area contributed by atoms with Gasteiger partial charge in [0.25, 0.3) is 5.91 Å². The van der Waals surface area contributed by atoms with E-state index in [1.807, 2.05) is 44.4 Å². The molecule has 1 saturated heterocycles. The van der Waals surface area contributed by atoms with Crippen molar-refractivity contribution in [2.75, 3.05) is 37.5 Å². The molecule has 1 amide bonds. The van der Waals surface area contributed by atoms with Gasteiger partial charge in [-0.2, -0.15) is 0 Å². The molecule has 0 spiro atoms. The van der Waals surface area contributed by atoms with Gasteiger partial charge < -0.3 is 20.3 Å². The molecule has 132 valence electrons. The second-order valence-corrected chi connectivity index (χ2v) is 6.34. The Kier molecular flexibility index (Phi) is 5.50. The molecule has 2 heterocycles. The number of rotatable bonds is 6. The van der Waals surface area contributed by atoms with Crippen molar-refractivity contribution in [3.05, 3.63) is 48.3 Å². The van der Waals surface area contributed by atoms with Crippen molar-refractivity contribution >= 4 is 23.0 Å². The maximum absolute atomic E-state index is 12.1. The average molecular weight is 340 g/mol. The second-order valence-electron chi connectivity index (χ2n) is 6.34. The topological polar surface area (TPSA) is 66.5 Å². The van der Waals surface area contributed by atoms with Crippen LogP contribution in [-0.4, -0.2) is 44.2 Å². The van der Waals surface area contributed by atoms with Crippen LogP contribution in [0.3, 0.4) is 0 Å². The third kappa shape index (κ3) is 4.70. The van der Waals surface area contributed by atoms with Crippen LogP contribution in [0.25, 0.3) is 0 Å².